The number of nitrogens with zero attached hydrogens (tertiary/aromatic N) is 1. The minimum atomic E-state index is -0.883. The summed E-state index contributed by atoms with van der Waals surface area (Å²) < 4.78 is 0. The molecular weight excluding hydrogens is 256 g/mol. The zero-order valence-electron chi connectivity index (χ0n) is 12.9. The third kappa shape index (κ3) is 4.12. The second-order valence-electron chi connectivity index (χ2n) is 6.01. The molecule has 2 atom stereocenters. The first-order chi connectivity index (χ1) is 9.44. The van der Waals surface area contributed by atoms with Gasteiger partial charge in [0.2, 0.25) is 0 Å². The molecule has 1 rings (SSSR count). The van der Waals surface area contributed by atoms with Crippen molar-refractivity contribution in [1.82, 2.24) is 10.2 Å². The SMILES string of the molecule is CCCC1CCCCN1C(=O)NCC(C)(CC)C(=O)O. The van der Waals surface area contributed by atoms with Gasteiger partial charge in [0, 0.05) is 19.1 Å². The molecule has 0 bridgehead atoms. The lowest BCUT2D eigenvalue weighted by atomic mass is 9.88. The fourth-order valence-corrected chi connectivity index (χ4v) is 2.63. The summed E-state index contributed by atoms with van der Waals surface area (Å²) in [4.78, 5) is 25.4. The molecule has 5 heteroatoms. The van der Waals surface area contributed by atoms with Crippen molar-refractivity contribution in [3.05, 3.63) is 0 Å². The third-order valence-corrected chi connectivity index (χ3v) is 4.44. The highest BCUT2D eigenvalue weighted by atomic mass is 16.4. The van der Waals surface area contributed by atoms with E-state index in [1.807, 2.05) is 11.8 Å². The zero-order valence-corrected chi connectivity index (χ0v) is 12.9. The minimum absolute atomic E-state index is 0.107. The Morgan fingerprint density at radius 1 is 1.35 bits per heavy atom. The fourth-order valence-electron chi connectivity index (χ4n) is 2.63. The van der Waals surface area contributed by atoms with E-state index in [0.29, 0.717) is 12.5 Å². The summed E-state index contributed by atoms with van der Waals surface area (Å²) in [6.45, 7) is 6.61. The predicted molar refractivity (Wildman–Crippen MR) is 78.7 cm³/mol. The number of urea groups is 1. The highest BCUT2D eigenvalue weighted by Crippen LogP contribution is 2.22. The van der Waals surface area contributed by atoms with Gasteiger partial charge < -0.3 is 15.3 Å². The summed E-state index contributed by atoms with van der Waals surface area (Å²) in [6.07, 6.45) is 5.87. The number of carboxylic acids is 1. The van der Waals surface area contributed by atoms with Gasteiger partial charge in [-0.15, -0.1) is 0 Å². The van der Waals surface area contributed by atoms with Gasteiger partial charge in [0.05, 0.1) is 5.41 Å². The number of nitrogens with one attached hydrogen (secondary N) is 1. The number of hydrogen-bond acceptors (Lipinski definition) is 2. The van der Waals surface area contributed by atoms with E-state index in [4.69, 9.17) is 0 Å². The van der Waals surface area contributed by atoms with E-state index in [1.165, 1.54) is 6.42 Å². The summed E-state index contributed by atoms with van der Waals surface area (Å²) in [5.74, 6) is -0.857. The summed E-state index contributed by atoms with van der Waals surface area (Å²) in [5.41, 5.74) is -0.883. The van der Waals surface area contributed by atoms with Crippen LogP contribution in [0.3, 0.4) is 0 Å². The van der Waals surface area contributed by atoms with Crippen molar-refractivity contribution >= 4 is 12.0 Å². The zero-order chi connectivity index (χ0) is 15.2. The van der Waals surface area contributed by atoms with E-state index in [0.717, 1.165) is 32.2 Å². The van der Waals surface area contributed by atoms with Crippen molar-refractivity contribution in [1.29, 1.82) is 0 Å². The average Bonchev–Trinajstić information content (AvgIpc) is 2.45. The Kier molecular flexibility index (Phi) is 6.30. The number of carbonyl (C=O) groups is 2. The molecule has 2 unspecified atom stereocenters. The molecule has 1 aliphatic heterocycles. The van der Waals surface area contributed by atoms with Crippen LogP contribution in [0.5, 0.6) is 0 Å². The second-order valence-corrected chi connectivity index (χ2v) is 6.01. The maximum Gasteiger partial charge on any atom is 0.317 e. The lowest BCUT2D eigenvalue weighted by Crippen LogP contribution is -2.51. The topological polar surface area (TPSA) is 69.6 Å². The van der Waals surface area contributed by atoms with Crippen LogP contribution < -0.4 is 5.32 Å². The number of piperidine rings is 1. The number of carboxylic acid groups (broad SMARTS) is 1. The van der Waals surface area contributed by atoms with Gasteiger partial charge in [-0.1, -0.05) is 20.3 Å². The van der Waals surface area contributed by atoms with Crippen molar-refractivity contribution < 1.29 is 14.7 Å². The molecule has 1 saturated heterocycles. The molecule has 0 aromatic rings. The standard InChI is InChI=1S/C15H28N2O3/c1-4-8-12-9-6-7-10-17(12)14(20)16-11-15(3,5-2)13(18)19/h12H,4-11H2,1-3H3,(H,16,20)(H,18,19). The molecular formula is C15H28N2O3. The van der Waals surface area contributed by atoms with Crippen LogP contribution in [0.4, 0.5) is 4.79 Å². The molecule has 2 amide bonds. The number of likely N-dealkylation sites (tertiary alicyclic amines) is 1. The fraction of sp³-hybridized carbons (Fsp3) is 0.867. The van der Waals surface area contributed by atoms with Crippen molar-refractivity contribution in [3.63, 3.8) is 0 Å². The van der Waals surface area contributed by atoms with E-state index in [2.05, 4.69) is 12.2 Å². The van der Waals surface area contributed by atoms with Crippen LogP contribution >= 0.6 is 0 Å². The summed E-state index contributed by atoms with van der Waals surface area (Å²) in [6, 6.07) is 0.204. The van der Waals surface area contributed by atoms with Gasteiger partial charge in [0.25, 0.3) is 0 Å². The van der Waals surface area contributed by atoms with E-state index in [1.54, 1.807) is 6.92 Å². The van der Waals surface area contributed by atoms with Crippen LogP contribution in [0.15, 0.2) is 0 Å². The maximum atomic E-state index is 12.3. The molecule has 0 spiro atoms. The Hall–Kier alpha value is -1.26. The molecule has 116 valence electrons. The van der Waals surface area contributed by atoms with Crippen LogP contribution in [0.1, 0.15) is 59.3 Å². The maximum absolute atomic E-state index is 12.3. The van der Waals surface area contributed by atoms with Crippen LogP contribution in [0.2, 0.25) is 0 Å². The number of carbonyl (C=O) groups excluding carboxylic acids is 1. The van der Waals surface area contributed by atoms with Gasteiger partial charge in [-0.05, 0) is 39.0 Å². The van der Waals surface area contributed by atoms with Gasteiger partial charge >= 0.3 is 12.0 Å². The Bertz CT molecular complexity index is 344. The van der Waals surface area contributed by atoms with Gasteiger partial charge in [0.1, 0.15) is 0 Å². The van der Waals surface area contributed by atoms with Gasteiger partial charge in [-0.3, -0.25) is 4.79 Å². The molecule has 0 radical (unpaired) electrons. The second kappa shape index (κ2) is 7.50. The summed E-state index contributed by atoms with van der Waals surface area (Å²) >= 11 is 0. The van der Waals surface area contributed by atoms with Crippen molar-refractivity contribution in [2.45, 2.75) is 65.3 Å². The highest BCUT2D eigenvalue weighted by Gasteiger charge is 2.33. The molecule has 1 fully saturated rings. The third-order valence-electron chi connectivity index (χ3n) is 4.44. The molecule has 2 N–H and O–H groups in total. The molecule has 0 aromatic carbocycles. The summed E-state index contributed by atoms with van der Waals surface area (Å²) in [7, 11) is 0. The van der Waals surface area contributed by atoms with Gasteiger partial charge in [0.15, 0.2) is 0 Å². The van der Waals surface area contributed by atoms with Crippen LogP contribution in [0, 0.1) is 5.41 Å². The molecule has 5 nitrogen and oxygen atoms in total. The Labute approximate surface area is 121 Å². The number of hydrogen-bond donors (Lipinski definition) is 2. The molecule has 20 heavy (non-hydrogen) atoms. The van der Waals surface area contributed by atoms with Crippen LogP contribution in [-0.4, -0.2) is 41.1 Å². The van der Waals surface area contributed by atoms with Crippen molar-refractivity contribution in [3.8, 4) is 0 Å². The van der Waals surface area contributed by atoms with Crippen molar-refractivity contribution in [2.75, 3.05) is 13.1 Å². The first-order valence-electron chi connectivity index (χ1n) is 7.72. The van der Waals surface area contributed by atoms with Crippen molar-refractivity contribution in [2.24, 2.45) is 5.41 Å². The summed E-state index contributed by atoms with van der Waals surface area (Å²) in [5, 5.41) is 12.0. The van der Waals surface area contributed by atoms with Gasteiger partial charge in [-0.25, -0.2) is 4.79 Å². The number of aliphatic carboxylic acids is 1. The molecule has 0 saturated carbocycles. The van der Waals surface area contributed by atoms with Crippen LogP contribution in [0.25, 0.3) is 0 Å². The quantitative estimate of drug-likeness (QED) is 0.788. The normalized spacial score (nSPS) is 22.1. The largest absolute Gasteiger partial charge is 0.481 e. The van der Waals surface area contributed by atoms with E-state index in [-0.39, 0.29) is 12.6 Å². The van der Waals surface area contributed by atoms with Gasteiger partial charge in [-0.2, -0.15) is 0 Å². The first kappa shape index (κ1) is 16.8. The Morgan fingerprint density at radius 3 is 2.60 bits per heavy atom. The lowest BCUT2D eigenvalue weighted by Gasteiger charge is -2.36. The Balaban J connectivity index is 2.58. The monoisotopic (exact) mass is 284 g/mol. The number of amides is 2. The smallest absolute Gasteiger partial charge is 0.317 e. The minimum Gasteiger partial charge on any atom is -0.481 e. The molecule has 0 aliphatic carbocycles. The number of rotatable bonds is 6. The van der Waals surface area contributed by atoms with E-state index >= 15 is 0 Å². The Morgan fingerprint density at radius 2 is 2.05 bits per heavy atom. The molecule has 1 heterocycles. The van der Waals surface area contributed by atoms with E-state index < -0.39 is 11.4 Å². The lowest BCUT2D eigenvalue weighted by molar-refractivity contribution is -0.147. The first-order valence-corrected chi connectivity index (χ1v) is 7.72. The average molecular weight is 284 g/mol. The van der Waals surface area contributed by atoms with Crippen LogP contribution in [-0.2, 0) is 4.79 Å². The molecule has 1 aliphatic rings. The molecule has 0 aromatic heterocycles. The predicted octanol–water partition coefficient (Wildman–Crippen LogP) is 2.85. The van der Waals surface area contributed by atoms with E-state index in [9.17, 15) is 14.7 Å². The highest BCUT2D eigenvalue weighted by molar-refractivity contribution is 5.78.